The second kappa shape index (κ2) is 9.31. The zero-order valence-electron chi connectivity index (χ0n) is 15.8. The number of pyridine rings is 1. The van der Waals surface area contributed by atoms with E-state index in [4.69, 9.17) is 0 Å². The lowest BCUT2D eigenvalue weighted by Gasteiger charge is -2.30. The third-order valence-electron chi connectivity index (χ3n) is 5.35. The number of hydrogen-bond donors (Lipinski definition) is 1. The van der Waals surface area contributed by atoms with Crippen molar-refractivity contribution in [2.45, 2.75) is 32.1 Å². The van der Waals surface area contributed by atoms with Gasteiger partial charge in [-0.1, -0.05) is 18.2 Å². The summed E-state index contributed by atoms with van der Waals surface area (Å²) in [4.78, 5) is 31.0. The minimum Gasteiger partial charge on any atom is -0.345 e. The van der Waals surface area contributed by atoms with Gasteiger partial charge in [0.1, 0.15) is 0 Å². The molecular formula is C22H27N3O2. The van der Waals surface area contributed by atoms with Gasteiger partial charge in [-0.25, -0.2) is 0 Å². The number of carbonyl (C=O) groups is 2. The van der Waals surface area contributed by atoms with E-state index in [0.717, 1.165) is 37.8 Å². The standard InChI is InChI=1S/C22H27N3O2/c1-25(16-13-17-11-14-23-15-12-17)22(27)19-9-7-18(8-10-19)21(26)24-20-5-3-2-4-6-20/h2-6,11-12,14-15,18-19H,7-10,13,16H2,1H3,(H,24,26). The average molecular weight is 365 g/mol. The van der Waals surface area contributed by atoms with Crippen molar-refractivity contribution in [2.75, 3.05) is 18.9 Å². The molecule has 3 rings (SSSR count). The molecule has 1 N–H and O–H groups in total. The number of anilines is 1. The van der Waals surface area contributed by atoms with E-state index in [1.54, 1.807) is 12.4 Å². The summed E-state index contributed by atoms with van der Waals surface area (Å²) in [5.74, 6) is 0.300. The van der Waals surface area contributed by atoms with Gasteiger partial charge in [0.2, 0.25) is 11.8 Å². The van der Waals surface area contributed by atoms with Crippen LogP contribution in [-0.2, 0) is 16.0 Å². The Morgan fingerprint density at radius 2 is 1.63 bits per heavy atom. The number of nitrogens with zero attached hydrogens (tertiary/aromatic N) is 2. The molecule has 0 radical (unpaired) electrons. The molecule has 1 saturated carbocycles. The lowest BCUT2D eigenvalue weighted by atomic mass is 9.81. The Hall–Kier alpha value is -2.69. The van der Waals surface area contributed by atoms with Gasteiger partial charge in [-0.15, -0.1) is 0 Å². The number of amides is 2. The van der Waals surface area contributed by atoms with E-state index < -0.39 is 0 Å². The van der Waals surface area contributed by atoms with Gasteiger partial charge in [0.05, 0.1) is 0 Å². The van der Waals surface area contributed by atoms with Crippen molar-refractivity contribution in [2.24, 2.45) is 11.8 Å². The third-order valence-corrected chi connectivity index (χ3v) is 5.35. The van der Waals surface area contributed by atoms with E-state index >= 15 is 0 Å². The van der Waals surface area contributed by atoms with E-state index in [1.807, 2.05) is 54.4 Å². The van der Waals surface area contributed by atoms with Gasteiger partial charge >= 0.3 is 0 Å². The third kappa shape index (κ3) is 5.39. The number of nitrogens with one attached hydrogen (secondary N) is 1. The normalized spacial score (nSPS) is 19.3. The predicted octanol–water partition coefficient (Wildman–Crippen LogP) is 3.53. The molecule has 1 aliphatic rings. The monoisotopic (exact) mass is 365 g/mol. The van der Waals surface area contributed by atoms with Crippen LogP contribution in [0.3, 0.4) is 0 Å². The maximum absolute atomic E-state index is 12.7. The Morgan fingerprint density at radius 1 is 1.00 bits per heavy atom. The highest BCUT2D eigenvalue weighted by molar-refractivity contribution is 5.92. The molecule has 27 heavy (non-hydrogen) atoms. The second-order valence-corrected chi connectivity index (χ2v) is 7.27. The fraction of sp³-hybridized carbons (Fsp3) is 0.409. The van der Waals surface area contributed by atoms with Crippen molar-refractivity contribution in [3.05, 3.63) is 60.4 Å². The molecule has 0 atom stereocenters. The molecule has 1 fully saturated rings. The fourth-order valence-corrected chi connectivity index (χ4v) is 3.64. The maximum Gasteiger partial charge on any atom is 0.227 e. The minimum atomic E-state index is -0.00335. The molecule has 0 saturated heterocycles. The SMILES string of the molecule is CN(CCc1ccncc1)C(=O)C1CCC(C(=O)Nc2ccccc2)CC1. The van der Waals surface area contributed by atoms with Crippen LogP contribution in [0.25, 0.3) is 0 Å². The second-order valence-electron chi connectivity index (χ2n) is 7.27. The average Bonchev–Trinajstić information content (AvgIpc) is 2.73. The Bertz CT molecular complexity index is 741. The summed E-state index contributed by atoms with van der Waals surface area (Å²) < 4.78 is 0. The predicted molar refractivity (Wildman–Crippen MR) is 106 cm³/mol. The molecule has 142 valence electrons. The number of aromatic nitrogens is 1. The first-order chi connectivity index (χ1) is 13.1. The zero-order chi connectivity index (χ0) is 19.1. The molecule has 0 bridgehead atoms. The zero-order valence-corrected chi connectivity index (χ0v) is 15.8. The van der Waals surface area contributed by atoms with E-state index in [2.05, 4.69) is 10.3 Å². The van der Waals surface area contributed by atoms with E-state index in [0.29, 0.717) is 6.54 Å². The van der Waals surface area contributed by atoms with Crippen LogP contribution in [0.15, 0.2) is 54.9 Å². The number of rotatable bonds is 6. The highest BCUT2D eigenvalue weighted by atomic mass is 16.2. The summed E-state index contributed by atoms with van der Waals surface area (Å²) in [6, 6.07) is 13.5. The van der Waals surface area contributed by atoms with Gasteiger partial charge in [-0.2, -0.15) is 0 Å². The summed E-state index contributed by atoms with van der Waals surface area (Å²) in [5.41, 5.74) is 2.02. The summed E-state index contributed by atoms with van der Waals surface area (Å²) in [5, 5.41) is 2.98. The highest BCUT2D eigenvalue weighted by Gasteiger charge is 2.31. The van der Waals surface area contributed by atoms with E-state index in [9.17, 15) is 9.59 Å². The number of carbonyl (C=O) groups excluding carboxylic acids is 2. The van der Waals surface area contributed by atoms with Gasteiger partial charge in [-0.05, 0) is 61.9 Å². The molecule has 2 amide bonds. The first-order valence-electron chi connectivity index (χ1n) is 9.63. The molecule has 0 aliphatic heterocycles. The summed E-state index contributed by atoms with van der Waals surface area (Å²) >= 11 is 0. The Morgan fingerprint density at radius 3 is 2.30 bits per heavy atom. The van der Waals surface area contributed by atoms with E-state index in [1.165, 1.54) is 5.56 Å². The van der Waals surface area contributed by atoms with Crippen molar-refractivity contribution in [1.82, 2.24) is 9.88 Å². The number of hydrogen-bond acceptors (Lipinski definition) is 3. The minimum absolute atomic E-state index is 0.00335. The Balaban J connectivity index is 1.43. The fourth-order valence-electron chi connectivity index (χ4n) is 3.64. The molecule has 1 aromatic carbocycles. The lowest BCUT2D eigenvalue weighted by Crippen LogP contribution is -2.37. The van der Waals surface area contributed by atoms with Crippen LogP contribution in [0.1, 0.15) is 31.2 Å². The van der Waals surface area contributed by atoms with Crippen molar-refractivity contribution in [3.63, 3.8) is 0 Å². The molecule has 0 unspecified atom stereocenters. The number of para-hydroxylation sites is 1. The van der Waals surface area contributed by atoms with Gasteiger partial charge in [-0.3, -0.25) is 14.6 Å². The molecular weight excluding hydrogens is 338 g/mol. The summed E-state index contributed by atoms with van der Waals surface area (Å²) in [6.45, 7) is 0.706. The first kappa shape index (κ1) is 19.1. The Labute approximate surface area is 160 Å². The van der Waals surface area contributed by atoms with Gasteiger partial charge in [0.15, 0.2) is 0 Å². The number of likely N-dealkylation sites (N-methyl/N-ethyl adjacent to an activating group) is 1. The molecule has 0 spiro atoms. The van der Waals surface area contributed by atoms with Crippen LogP contribution in [0.2, 0.25) is 0 Å². The highest BCUT2D eigenvalue weighted by Crippen LogP contribution is 2.30. The van der Waals surface area contributed by atoms with Crippen molar-refractivity contribution in [1.29, 1.82) is 0 Å². The first-order valence-corrected chi connectivity index (χ1v) is 9.63. The van der Waals surface area contributed by atoms with Crippen molar-refractivity contribution in [3.8, 4) is 0 Å². The summed E-state index contributed by atoms with van der Waals surface area (Å²) in [7, 11) is 1.87. The van der Waals surface area contributed by atoms with Crippen molar-refractivity contribution >= 4 is 17.5 Å². The van der Waals surface area contributed by atoms with Gasteiger partial charge < -0.3 is 10.2 Å². The van der Waals surface area contributed by atoms with Gasteiger partial charge in [0, 0.05) is 43.5 Å². The molecule has 5 nitrogen and oxygen atoms in total. The van der Waals surface area contributed by atoms with Crippen LogP contribution >= 0.6 is 0 Å². The smallest absolute Gasteiger partial charge is 0.227 e. The largest absolute Gasteiger partial charge is 0.345 e. The Kier molecular flexibility index (Phi) is 6.58. The molecule has 1 aliphatic carbocycles. The van der Waals surface area contributed by atoms with Crippen LogP contribution in [0.4, 0.5) is 5.69 Å². The molecule has 5 heteroatoms. The van der Waals surface area contributed by atoms with Crippen LogP contribution < -0.4 is 5.32 Å². The van der Waals surface area contributed by atoms with Crippen molar-refractivity contribution < 1.29 is 9.59 Å². The molecule has 1 aromatic heterocycles. The lowest BCUT2D eigenvalue weighted by molar-refractivity contribution is -0.136. The molecule has 2 aromatic rings. The van der Waals surface area contributed by atoms with Crippen LogP contribution in [0, 0.1) is 11.8 Å². The topological polar surface area (TPSA) is 62.3 Å². The summed E-state index contributed by atoms with van der Waals surface area (Å²) in [6.07, 6.45) is 7.49. The van der Waals surface area contributed by atoms with Crippen LogP contribution in [0.5, 0.6) is 0 Å². The maximum atomic E-state index is 12.7. The van der Waals surface area contributed by atoms with E-state index in [-0.39, 0.29) is 23.7 Å². The van der Waals surface area contributed by atoms with Crippen LogP contribution in [-0.4, -0.2) is 35.3 Å². The molecule has 1 heterocycles. The number of benzene rings is 1. The quantitative estimate of drug-likeness (QED) is 0.852. The van der Waals surface area contributed by atoms with Gasteiger partial charge in [0.25, 0.3) is 0 Å².